The number of halogens is 1. The lowest BCUT2D eigenvalue weighted by molar-refractivity contribution is -0.130. The summed E-state index contributed by atoms with van der Waals surface area (Å²) in [6.45, 7) is 5.74. The first-order valence-corrected chi connectivity index (χ1v) is 13.6. The number of nitrogens with zero attached hydrogens (tertiary/aromatic N) is 4. The van der Waals surface area contributed by atoms with Gasteiger partial charge < -0.3 is 9.47 Å². The zero-order valence-corrected chi connectivity index (χ0v) is 19.5. The SMILES string of the molecule is CCCn1c(SCC(=O)N2CCN([C@H]3CCS(=O)(=O)C3)CC2)nc2cc(Cl)ccc21. The van der Waals surface area contributed by atoms with E-state index in [1.807, 2.05) is 23.1 Å². The van der Waals surface area contributed by atoms with Crippen molar-refractivity contribution in [2.24, 2.45) is 0 Å². The van der Waals surface area contributed by atoms with Crippen LogP contribution >= 0.6 is 23.4 Å². The highest BCUT2D eigenvalue weighted by Gasteiger charge is 2.34. The highest BCUT2D eigenvalue weighted by molar-refractivity contribution is 7.99. The van der Waals surface area contributed by atoms with Crippen LogP contribution in [-0.2, 0) is 21.2 Å². The van der Waals surface area contributed by atoms with Crippen LogP contribution in [0.4, 0.5) is 0 Å². The molecule has 1 aromatic heterocycles. The molecule has 2 aromatic rings. The molecule has 1 amide bonds. The van der Waals surface area contributed by atoms with E-state index in [0.717, 1.165) is 42.2 Å². The van der Waals surface area contributed by atoms with Gasteiger partial charge in [0.15, 0.2) is 15.0 Å². The summed E-state index contributed by atoms with van der Waals surface area (Å²) in [6.07, 6.45) is 1.69. The van der Waals surface area contributed by atoms with Gasteiger partial charge in [-0.05, 0) is 31.0 Å². The summed E-state index contributed by atoms with van der Waals surface area (Å²) in [5, 5.41) is 1.50. The van der Waals surface area contributed by atoms with Crippen LogP contribution in [0.3, 0.4) is 0 Å². The van der Waals surface area contributed by atoms with E-state index in [4.69, 9.17) is 16.6 Å². The first-order chi connectivity index (χ1) is 14.4. The Hall–Kier alpha value is -1.29. The van der Waals surface area contributed by atoms with Crippen molar-refractivity contribution in [2.75, 3.05) is 43.4 Å². The van der Waals surface area contributed by atoms with Crippen molar-refractivity contribution in [3.05, 3.63) is 23.2 Å². The molecule has 10 heteroatoms. The molecule has 3 heterocycles. The lowest BCUT2D eigenvalue weighted by Crippen LogP contribution is -2.52. The van der Waals surface area contributed by atoms with Gasteiger partial charge in [-0.3, -0.25) is 9.69 Å². The number of carbonyl (C=O) groups is 1. The van der Waals surface area contributed by atoms with E-state index >= 15 is 0 Å². The largest absolute Gasteiger partial charge is 0.339 e. The van der Waals surface area contributed by atoms with E-state index in [-0.39, 0.29) is 23.5 Å². The van der Waals surface area contributed by atoms with Crippen molar-refractivity contribution >= 4 is 50.1 Å². The highest BCUT2D eigenvalue weighted by atomic mass is 35.5. The van der Waals surface area contributed by atoms with Gasteiger partial charge in [-0.25, -0.2) is 13.4 Å². The maximum Gasteiger partial charge on any atom is 0.233 e. The number of hydrogen-bond acceptors (Lipinski definition) is 6. The molecule has 2 aliphatic heterocycles. The van der Waals surface area contributed by atoms with E-state index in [1.54, 1.807) is 0 Å². The number of amides is 1. The molecular formula is C20H27ClN4O3S2. The molecule has 1 atom stereocenters. The molecule has 2 aliphatic rings. The molecule has 2 fully saturated rings. The third-order valence-electron chi connectivity index (χ3n) is 5.84. The molecule has 30 heavy (non-hydrogen) atoms. The molecule has 0 spiro atoms. The molecule has 7 nitrogen and oxygen atoms in total. The molecule has 164 valence electrons. The monoisotopic (exact) mass is 470 g/mol. The second-order valence-corrected chi connectivity index (χ2v) is 11.5. The number of benzene rings is 1. The minimum absolute atomic E-state index is 0.104. The molecule has 0 saturated carbocycles. The van der Waals surface area contributed by atoms with Gasteiger partial charge in [-0.2, -0.15) is 0 Å². The highest BCUT2D eigenvalue weighted by Crippen LogP contribution is 2.27. The summed E-state index contributed by atoms with van der Waals surface area (Å²) in [4.78, 5) is 21.6. The first-order valence-electron chi connectivity index (χ1n) is 10.4. The minimum atomic E-state index is -2.88. The summed E-state index contributed by atoms with van der Waals surface area (Å²) in [6, 6.07) is 5.82. The van der Waals surface area contributed by atoms with E-state index < -0.39 is 9.84 Å². The fourth-order valence-corrected chi connectivity index (χ4v) is 7.12. The van der Waals surface area contributed by atoms with Crippen LogP contribution in [0.5, 0.6) is 0 Å². The Morgan fingerprint density at radius 2 is 2.03 bits per heavy atom. The van der Waals surface area contributed by atoms with Crippen molar-refractivity contribution < 1.29 is 13.2 Å². The van der Waals surface area contributed by atoms with Gasteiger partial charge in [0, 0.05) is 43.8 Å². The fraction of sp³-hybridized carbons (Fsp3) is 0.600. The van der Waals surface area contributed by atoms with Crippen molar-refractivity contribution in [1.29, 1.82) is 0 Å². The Morgan fingerprint density at radius 3 is 2.70 bits per heavy atom. The van der Waals surface area contributed by atoms with Gasteiger partial charge >= 0.3 is 0 Å². The Kier molecular flexibility index (Phi) is 6.62. The number of sulfone groups is 1. The number of carbonyl (C=O) groups excluding carboxylic acids is 1. The number of aromatic nitrogens is 2. The number of thioether (sulfide) groups is 1. The summed E-state index contributed by atoms with van der Waals surface area (Å²) in [5.74, 6) is 0.997. The number of aryl methyl sites for hydroxylation is 1. The van der Waals surface area contributed by atoms with E-state index in [0.29, 0.717) is 30.3 Å². The Bertz CT molecular complexity index is 1030. The molecular weight excluding hydrogens is 444 g/mol. The quantitative estimate of drug-likeness (QED) is 0.604. The Balaban J connectivity index is 1.35. The smallest absolute Gasteiger partial charge is 0.233 e. The molecule has 1 aromatic carbocycles. The second-order valence-electron chi connectivity index (χ2n) is 7.94. The third-order valence-corrected chi connectivity index (χ3v) is 8.79. The van der Waals surface area contributed by atoms with Gasteiger partial charge in [-0.1, -0.05) is 30.3 Å². The summed E-state index contributed by atoms with van der Waals surface area (Å²) in [7, 11) is -2.88. The standard InChI is InChI=1S/C20H27ClN4O3S2/c1-2-6-25-18-4-3-15(21)12-17(18)22-20(25)29-13-19(26)24-9-7-23(8-10-24)16-5-11-30(27,28)14-16/h3-4,12,16H,2,5-11,13-14H2,1H3/t16-/m0/s1. The molecule has 0 radical (unpaired) electrons. The molecule has 0 N–H and O–H groups in total. The third kappa shape index (κ3) is 4.79. The van der Waals surface area contributed by atoms with Crippen LogP contribution in [0.2, 0.25) is 5.02 Å². The number of fused-ring (bicyclic) bond motifs is 1. The summed E-state index contributed by atoms with van der Waals surface area (Å²) < 4.78 is 25.6. The van der Waals surface area contributed by atoms with E-state index in [2.05, 4.69) is 16.4 Å². The van der Waals surface area contributed by atoms with Crippen molar-refractivity contribution in [3.8, 4) is 0 Å². The number of piperazine rings is 1. The van der Waals surface area contributed by atoms with Crippen LogP contribution < -0.4 is 0 Å². The molecule has 0 unspecified atom stereocenters. The number of imidazole rings is 1. The zero-order chi connectivity index (χ0) is 21.3. The molecule has 0 aliphatic carbocycles. The number of rotatable bonds is 6. The predicted molar refractivity (Wildman–Crippen MR) is 121 cm³/mol. The average molecular weight is 471 g/mol. The lowest BCUT2D eigenvalue weighted by Gasteiger charge is -2.37. The van der Waals surface area contributed by atoms with Crippen molar-refractivity contribution in [3.63, 3.8) is 0 Å². The fourth-order valence-electron chi connectivity index (χ4n) is 4.25. The van der Waals surface area contributed by atoms with E-state index in [1.165, 1.54) is 11.8 Å². The van der Waals surface area contributed by atoms with Crippen LogP contribution in [0, 0.1) is 0 Å². The van der Waals surface area contributed by atoms with Crippen LogP contribution in [0.15, 0.2) is 23.4 Å². The Morgan fingerprint density at radius 1 is 1.27 bits per heavy atom. The maximum atomic E-state index is 12.8. The van der Waals surface area contributed by atoms with Crippen LogP contribution in [0.25, 0.3) is 11.0 Å². The second kappa shape index (κ2) is 9.06. The molecule has 4 rings (SSSR count). The number of hydrogen-bond donors (Lipinski definition) is 0. The first kappa shape index (κ1) is 21.9. The van der Waals surface area contributed by atoms with Gasteiger partial charge in [0.1, 0.15) is 0 Å². The van der Waals surface area contributed by atoms with Crippen LogP contribution in [-0.4, -0.2) is 83.2 Å². The predicted octanol–water partition coefficient (Wildman–Crippen LogP) is 2.52. The van der Waals surface area contributed by atoms with Crippen LogP contribution in [0.1, 0.15) is 19.8 Å². The van der Waals surface area contributed by atoms with Gasteiger partial charge in [-0.15, -0.1) is 0 Å². The molecule has 0 bridgehead atoms. The zero-order valence-electron chi connectivity index (χ0n) is 17.1. The van der Waals surface area contributed by atoms with Gasteiger partial charge in [0.25, 0.3) is 0 Å². The lowest BCUT2D eigenvalue weighted by atomic mass is 10.2. The van der Waals surface area contributed by atoms with Crippen molar-refractivity contribution in [1.82, 2.24) is 19.4 Å². The maximum absolute atomic E-state index is 12.8. The normalized spacial score (nSPS) is 22.1. The topological polar surface area (TPSA) is 75.5 Å². The van der Waals surface area contributed by atoms with Crippen molar-refractivity contribution in [2.45, 2.75) is 37.5 Å². The minimum Gasteiger partial charge on any atom is -0.339 e. The van der Waals surface area contributed by atoms with Gasteiger partial charge in [0.05, 0.1) is 28.3 Å². The van der Waals surface area contributed by atoms with E-state index in [9.17, 15) is 13.2 Å². The van der Waals surface area contributed by atoms with Gasteiger partial charge in [0.2, 0.25) is 5.91 Å². The summed E-state index contributed by atoms with van der Waals surface area (Å²) in [5.41, 5.74) is 1.89. The summed E-state index contributed by atoms with van der Waals surface area (Å²) >= 11 is 7.58. The Labute approximate surface area is 186 Å². The molecule has 2 saturated heterocycles. The average Bonchev–Trinajstić information content (AvgIpc) is 3.26.